The molecule has 2 aromatic heterocycles. The van der Waals surface area contributed by atoms with Gasteiger partial charge in [-0.05, 0) is 6.07 Å². The Morgan fingerprint density at radius 3 is 2.81 bits per heavy atom. The summed E-state index contributed by atoms with van der Waals surface area (Å²) in [6, 6.07) is 3.75. The molecule has 0 bridgehead atoms. The van der Waals surface area contributed by atoms with Crippen LogP contribution in [0, 0.1) is 0 Å². The maximum absolute atomic E-state index is 5.57. The molecule has 1 N–H and O–H groups in total. The Bertz CT molecular complexity index is 559. The van der Waals surface area contributed by atoms with Crippen molar-refractivity contribution in [3.63, 3.8) is 0 Å². The normalized spacial score (nSPS) is 22.6. The van der Waals surface area contributed by atoms with E-state index in [1.165, 1.54) is 0 Å². The summed E-state index contributed by atoms with van der Waals surface area (Å²) in [4.78, 5) is 2.28. The van der Waals surface area contributed by atoms with E-state index in [1.807, 2.05) is 12.1 Å². The van der Waals surface area contributed by atoms with Crippen LogP contribution < -0.4 is 4.74 Å². The van der Waals surface area contributed by atoms with Crippen molar-refractivity contribution in [2.45, 2.75) is 18.6 Å². The van der Waals surface area contributed by atoms with Gasteiger partial charge in [0.15, 0.2) is 0 Å². The lowest BCUT2D eigenvalue weighted by molar-refractivity contribution is 0.0956. The van der Waals surface area contributed by atoms with Crippen LogP contribution >= 0.6 is 0 Å². The molecule has 0 aromatic carbocycles. The zero-order valence-corrected chi connectivity index (χ0v) is 12.1. The average molecular weight is 290 g/mol. The molecule has 1 fully saturated rings. The lowest BCUT2D eigenvalue weighted by atomic mass is 10.0. The molecule has 0 radical (unpaired) electrons. The van der Waals surface area contributed by atoms with Gasteiger partial charge >= 0.3 is 0 Å². The van der Waals surface area contributed by atoms with E-state index in [0.717, 1.165) is 31.0 Å². The number of rotatable bonds is 5. The van der Waals surface area contributed by atoms with Crippen LogP contribution in [-0.2, 0) is 11.3 Å². The predicted octanol–water partition coefficient (Wildman–Crippen LogP) is 0.218. The smallest absolute Gasteiger partial charge is 0.233 e. The molecule has 8 nitrogen and oxygen atoms in total. The summed E-state index contributed by atoms with van der Waals surface area (Å²) in [7, 11) is 3.31. The zero-order chi connectivity index (χ0) is 14.7. The molecule has 0 unspecified atom stereocenters. The first-order valence-corrected chi connectivity index (χ1v) is 6.77. The fraction of sp³-hybridized carbons (Fsp3) is 0.538. The SMILES string of the molecule is COc1ccc(CN2C[C@@H](OC)[C@H](c3cn[nH]n3)C2)nn1. The Morgan fingerprint density at radius 2 is 2.19 bits per heavy atom. The van der Waals surface area contributed by atoms with Gasteiger partial charge in [-0.1, -0.05) is 0 Å². The quantitative estimate of drug-likeness (QED) is 0.842. The number of aromatic amines is 1. The number of aromatic nitrogens is 5. The number of nitrogens with one attached hydrogen (secondary N) is 1. The van der Waals surface area contributed by atoms with Crippen LogP contribution in [0.4, 0.5) is 0 Å². The van der Waals surface area contributed by atoms with Crippen LogP contribution in [-0.4, -0.2) is 63.9 Å². The molecular weight excluding hydrogens is 272 g/mol. The molecule has 2 atom stereocenters. The molecule has 2 aromatic rings. The van der Waals surface area contributed by atoms with Gasteiger partial charge in [-0.15, -0.1) is 5.10 Å². The summed E-state index contributed by atoms with van der Waals surface area (Å²) in [6.07, 6.45) is 1.87. The fourth-order valence-corrected chi connectivity index (χ4v) is 2.66. The number of hydrogen-bond acceptors (Lipinski definition) is 7. The topological polar surface area (TPSA) is 89.0 Å². The minimum atomic E-state index is 0.112. The van der Waals surface area contributed by atoms with Gasteiger partial charge in [-0.2, -0.15) is 20.5 Å². The van der Waals surface area contributed by atoms with Crippen molar-refractivity contribution in [3.05, 3.63) is 29.7 Å². The third-order valence-corrected chi connectivity index (χ3v) is 3.75. The van der Waals surface area contributed by atoms with Crippen LogP contribution in [0.1, 0.15) is 17.3 Å². The maximum Gasteiger partial charge on any atom is 0.233 e. The van der Waals surface area contributed by atoms with Crippen molar-refractivity contribution >= 4 is 0 Å². The van der Waals surface area contributed by atoms with Gasteiger partial charge in [0.1, 0.15) is 0 Å². The molecule has 0 spiro atoms. The van der Waals surface area contributed by atoms with E-state index in [4.69, 9.17) is 9.47 Å². The molecule has 1 aliphatic rings. The Labute approximate surface area is 122 Å². The van der Waals surface area contributed by atoms with E-state index in [0.29, 0.717) is 5.88 Å². The fourth-order valence-electron chi connectivity index (χ4n) is 2.66. The van der Waals surface area contributed by atoms with Crippen molar-refractivity contribution in [2.75, 3.05) is 27.3 Å². The highest BCUT2D eigenvalue weighted by molar-refractivity contribution is 5.13. The van der Waals surface area contributed by atoms with E-state index in [1.54, 1.807) is 20.4 Å². The van der Waals surface area contributed by atoms with Gasteiger partial charge in [-0.3, -0.25) is 4.90 Å². The molecule has 3 heterocycles. The minimum absolute atomic E-state index is 0.112. The third-order valence-electron chi connectivity index (χ3n) is 3.75. The van der Waals surface area contributed by atoms with Crippen molar-refractivity contribution < 1.29 is 9.47 Å². The van der Waals surface area contributed by atoms with Crippen molar-refractivity contribution in [1.82, 2.24) is 30.5 Å². The Kier molecular flexibility index (Phi) is 4.07. The van der Waals surface area contributed by atoms with E-state index in [-0.39, 0.29) is 12.0 Å². The van der Waals surface area contributed by atoms with Gasteiger partial charge in [0.2, 0.25) is 5.88 Å². The Hall–Kier alpha value is -2.06. The Morgan fingerprint density at radius 1 is 1.29 bits per heavy atom. The van der Waals surface area contributed by atoms with Gasteiger partial charge in [0.05, 0.1) is 30.8 Å². The van der Waals surface area contributed by atoms with Crippen LogP contribution in [0.15, 0.2) is 18.3 Å². The molecule has 1 aliphatic heterocycles. The summed E-state index contributed by atoms with van der Waals surface area (Å²) in [5.74, 6) is 0.746. The van der Waals surface area contributed by atoms with Gasteiger partial charge in [-0.25, -0.2) is 0 Å². The molecule has 112 valence electrons. The highest BCUT2D eigenvalue weighted by Crippen LogP contribution is 2.28. The van der Waals surface area contributed by atoms with Crippen molar-refractivity contribution in [2.24, 2.45) is 0 Å². The summed E-state index contributed by atoms with van der Waals surface area (Å²) in [6.45, 7) is 2.42. The second kappa shape index (κ2) is 6.15. The molecule has 3 rings (SSSR count). The van der Waals surface area contributed by atoms with Crippen LogP contribution in [0.3, 0.4) is 0 Å². The zero-order valence-electron chi connectivity index (χ0n) is 12.1. The molecule has 0 amide bonds. The number of nitrogens with zero attached hydrogens (tertiary/aromatic N) is 5. The summed E-state index contributed by atoms with van der Waals surface area (Å²) in [5.41, 5.74) is 1.84. The van der Waals surface area contributed by atoms with Crippen LogP contribution in [0.2, 0.25) is 0 Å². The van der Waals surface area contributed by atoms with E-state index in [9.17, 15) is 0 Å². The van der Waals surface area contributed by atoms with Gasteiger partial charge in [0.25, 0.3) is 0 Å². The second-order valence-electron chi connectivity index (χ2n) is 5.04. The van der Waals surface area contributed by atoms with Crippen molar-refractivity contribution in [3.8, 4) is 5.88 Å². The number of likely N-dealkylation sites (tertiary alicyclic amines) is 1. The first-order chi connectivity index (χ1) is 10.3. The lowest BCUT2D eigenvalue weighted by Crippen LogP contribution is -2.23. The monoisotopic (exact) mass is 290 g/mol. The van der Waals surface area contributed by atoms with Gasteiger partial charge < -0.3 is 9.47 Å². The second-order valence-corrected chi connectivity index (χ2v) is 5.04. The van der Waals surface area contributed by atoms with Crippen LogP contribution in [0.25, 0.3) is 0 Å². The van der Waals surface area contributed by atoms with E-state index < -0.39 is 0 Å². The number of methoxy groups -OCH3 is 2. The van der Waals surface area contributed by atoms with Crippen LogP contribution in [0.5, 0.6) is 5.88 Å². The highest BCUT2D eigenvalue weighted by atomic mass is 16.5. The summed E-state index contributed by atoms with van der Waals surface area (Å²) in [5, 5.41) is 18.9. The average Bonchev–Trinajstić information content (AvgIpc) is 3.16. The standard InChI is InChI=1S/C13H18N6O2/c1-20-12-8-19(7-10(12)11-5-14-18-16-11)6-9-3-4-13(21-2)17-15-9/h3-5,10,12H,6-8H2,1-2H3,(H,14,16,18)/t10-,12+/m0/s1. The van der Waals surface area contributed by atoms with Gasteiger partial charge in [0, 0.05) is 38.7 Å². The molecule has 0 saturated carbocycles. The first kappa shape index (κ1) is 13.9. The first-order valence-electron chi connectivity index (χ1n) is 6.77. The molecule has 0 aliphatic carbocycles. The molecule has 21 heavy (non-hydrogen) atoms. The molecule has 8 heteroatoms. The largest absolute Gasteiger partial charge is 0.480 e. The third kappa shape index (κ3) is 3.01. The maximum atomic E-state index is 5.57. The summed E-state index contributed by atoms with van der Waals surface area (Å²) < 4.78 is 10.6. The summed E-state index contributed by atoms with van der Waals surface area (Å²) >= 11 is 0. The number of H-pyrrole nitrogens is 1. The highest BCUT2D eigenvalue weighted by Gasteiger charge is 2.35. The van der Waals surface area contributed by atoms with E-state index >= 15 is 0 Å². The Balaban J connectivity index is 1.66. The van der Waals surface area contributed by atoms with Crippen molar-refractivity contribution in [1.29, 1.82) is 0 Å². The molecule has 1 saturated heterocycles. The number of ether oxygens (including phenoxy) is 2. The van der Waals surface area contributed by atoms with E-state index in [2.05, 4.69) is 30.5 Å². The molecular formula is C13H18N6O2. The predicted molar refractivity (Wildman–Crippen MR) is 73.8 cm³/mol. The number of hydrogen-bond donors (Lipinski definition) is 1. The lowest BCUT2D eigenvalue weighted by Gasteiger charge is -2.14. The minimum Gasteiger partial charge on any atom is -0.480 e.